The smallest absolute Gasteiger partial charge is 0.277 e. The molecule has 0 radical (unpaired) electrons. The van der Waals surface area contributed by atoms with Gasteiger partial charge in [0.25, 0.3) is 5.91 Å². The number of amides is 1. The van der Waals surface area contributed by atoms with E-state index in [0.29, 0.717) is 32.1 Å². The quantitative estimate of drug-likeness (QED) is 0.625. The number of carbonyl (C=O) groups is 1. The van der Waals surface area contributed by atoms with Crippen LogP contribution >= 0.6 is 34.8 Å². The summed E-state index contributed by atoms with van der Waals surface area (Å²) in [6, 6.07) is 9.83. The van der Waals surface area contributed by atoms with Gasteiger partial charge in [-0.05, 0) is 36.4 Å². The van der Waals surface area contributed by atoms with Gasteiger partial charge in [-0.2, -0.15) is 0 Å². The summed E-state index contributed by atoms with van der Waals surface area (Å²) in [4.78, 5) is 16.6. The lowest BCUT2D eigenvalue weighted by atomic mass is 10.2. The van der Waals surface area contributed by atoms with Crippen molar-refractivity contribution >= 4 is 46.4 Å². The SMILES string of the molecule is COc1ccc(Cl)cc1NC(=O)c1coc(-c2ccc(Cl)c(Cl)c2)n1. The van der Waals surface area contributed by atoms with Crippen molar-refractivity contribution in [1.29, 1.82) is 0 Å². The van der Waals surface area contributed by atoms with Gasteiger partial charge in [-0.1, -0.05) is 34.8 Å². The summed E-state index contributed by atoms with van der Waals surface area (Å²) < 4.78 is 10.5. The normalized spacial score (nSPS) is 10.6. The highest BCUT2D eigenvalue weighted by atomic mass is 35.5. The monoisotopic (exact) mass is 396 g/mol. The van der Waals surface area contributed by atoms with Crippen molar-refractivity contribution in [3.63, 3.8) is 0 Å². The molecule has 0 atom stereocenters. The van der Waals surface area contributed by atoms with Gasteiger partial charge in [0.15, 0.2) is 5.69 Å². The maximum absolute atomic E-state index is 12.4. The molecular formula is C17H11Cl3N2O3. The molecule has 0 aliphatic rings. The number of anilines is 1. The molecule has 1 heterocycles. The van der Waals surface area contributed by atoms with Crippen LogP contribution in [0.15, 0.2) is 47.1 Å². The van der Waals surface area contributed by atoms with Crippen molar-refractivity contribution in [3.05, 3.63) is 63.4 Å². The van der Waals surface area contributed by atoms with Crippen LogP contribution in [0.25, 0.3) is 11.5 Å². The average molecular weight is 398 g/mol. The first kappa shape index (κ1) is 17.6. The zero-order chi connectivity index (χ0) is 18.0. The minimum absolute atomic E-state index is 0.100. The van der Waals surface area contributed by atoms with Crippen molar-refractivity contribution in [2.24, 2.45) is 0 Å². The van der Waals surface area contributed by atoms with Crippen LogP contribution < -0.4 is 10.1 Å². The maximum Gasteiger partial charge on any atom is 0.277 e. The van der Waals surface area contributed by atoms with Gasteiger partial charge < -0.3 is 14.5 Å². The third kappa shape index (κ3) is 3.90. The van der Waals surface area contributed by atoms with Gasteiger partial charge in [0.2, 0.25) is 5.89 Å². The van der Waals surface area contributed by atoms with Crippen LogP contribution in [0.1, 0.15) is 10.5 Å². The van der Waals surface area contributed by atoms with Crippen LogP contribution in [-0.2, 0) is 0 Å². The van der Waals surface area contributed by atoms with Crippen molar-refractivity contribution in [1.82, 2.24) is 4.98 Å². The lowest BCUT2D eigenvalue weighted by Gasteiger charge is -2.09. The lowest BCUT2D eigenvalue weighted by molar-refractivity contribution is 0.102. The van der Waals surface area contributed by atoms with Crippen molar-refractivity contribution < 1.29 is 13.9 Å². The van der Waals surface area contributed by atoms with E-state index in [-0.39, 0.29) is 11.6 Å². The Balaban J connectivity index is 1.83. The number of benzene rings is 2. The number of hydrogen-bond donors (Lipinski definition) is 1. The standard InChI is InChI=1S/C17H11Cl3N2O3/c1-24-15-5-3-10(18)7-13(15)21-16(23)14-8-25-17(22-14)9-2-4-11(19)12(20)6-9/h2-8H,1H3,(H,21,23). The molecule has 5 nitrogen and oxygen atoms in total. The molecule has 25 heavy (non-hydrogen) atoms. The molecule has 0 aliphatic heterocycles. The molecule has 2 aromatic carbocycles. The molecule has 3 aromatic rings. The average Bonchev–Trinajstić information content (AvgIpc) is 3.08. The van der Waals surface area contributed by atoms with Crippen LogP contribution in [-0.4, -0.2) is 18.0 Å². The first-order chi connectivity index (χ1) is 12.0. The van der Waals surface area contributed by atoms with E-state index in [4.69, 9.17) is 44.0 Å². The summed E-state index contributed by atoms with van der Waals surface area (Å²) in [5.41, 5.74) is 1.14. The number of nitrogens with zero attached hydrogens (tertiary/aromatic N) is 1. The summed E-state index contributed by atoms with van der Waals surface area (Å²) in [6.45, 7) is 0. The van der Waals surface area contributed by atoms with Gasteiger partial charge in [0.05, 0.1) is 22.8 Å². The fraction of sp³-hybridized carbons (Fsp3) is 0.0588. The Kier molecular flexibility index (Phi) is 5.18. The Morgan fingerprint density at radius 3 is 2.64 bits per heavy atom. The number of hydrogen-bond acceptors (Lipinski definition) is 4. The topological polar surface area (TPSA) is 64.4 Å². The largest absolute Gasteiger partial charge is 0.495 e. The molecule has 1 aromatic heterocycles. The fourth-order valence-corrected chi connectivity index (χ4v) is 2.57. The molecule has 1 amide bonds. The molecule has 0 spiro atoms. The zero-order valence-corrected chi connectivity index (χ0v) is 15.1. The summed E-state index contributed by atoms with van der Waals surface area (Å²) in [5.74, 6) is 0.267. The van der Waals surface area contributed by atoms with Gasteiger partial charge >= 0.3 is 0 Å². The highest BCUT2D eigenvalue weighted by Gasteiger charge is 2.16. The van der Waals surface area contributed by atoms with Gasteiger partial charge in [-0.25, -0.2) is 4.98 Å². The summed E-state index contributed by atoms with van der Waals surface area (Å²) in [7, 11) is 1.50. The molecule has 0 saturated carbocycles. The minimum atomic E-state index is -0.462. The highest BCUT2D eigenvalue weighted by molar-refractivity contribution is 6.42. The Morgan fingerprint density at radius 2 is 1.92 bits per heavy atom. The third-order valence-corrected chi connectivity index (χ3v) is 4.29. The van der Waals surface area contributed by atoms with E-state index < -0.39 is 5.91 Å². The number of methoxy groups -OCH3 is 1. The van der Waals surface area contributed by atoms with Crippen molar-refractivity contribution in [2.45, 2.75) is 0 Å². The lowest BCUT2D eigenvalue weighted by Crippen LogP contribution is -2.13. The number of ether oxygens (including phenoxy) is 1. The predicted molar refractivity (Wildman–Crippen MR) is 97.9 cm³/mol. The number of halogens is 3. The Labute approximate surface area is 158 Å². The van der Waals surface area contributed by atoms with Crippen LogP contribution in [0.3, 0.4) is 0 Å². The molecule has 0 unspecified atom stereocenters. The molecule has 8 heteroatoms. The zero-order valence-electron chi connectivity index (χ0n) is 12.8. The van der Waals surface area contributed by atoms with E-state index in [0.717, 1.165) is 0 Å². The third-order valence-electron chi connectivity index (χ3n) is 3.31. The second-order valence-electron chi connectivity index (χ2n) is 4.97. The molecule has 0 aliphatic carbocycles. The number of oxazole rings is 1. The minimum Gasteiger partial charge on any atom is -0.495 e. The Morgan fingerprint density at radius 1 is 1.12 bits per heavy atom. The van der Waals surface area contributed by atoms with Crippen molar-refractivity contribution in [2.75, 3.05) is 12.4 Å². The predicted octanol–water partition coefficient (Wildman–Crippen LogP) is 5.56. The van der Waals surface area contributed by atoms with E-state index in [1.54, 1.807) is 36.4 Å². The number of aromatic nitrogens is 1. The van der Waals surface area contributed by atoms with Crippen molar-refractivity contribution in [3.8, 4) is 17.2 Å². The van der Waals surface area contributed by atoms with Crippen LogP contribution in [0, 0.1) is 0 Å². The second kappa shape index (κ2) is 7.35. The van der Waals surface area contributed by atoms with E-state index >= 15 is 0 Å². The van der Waals surface area contributed by atoms with E-state index in [1.807, 2.05) is 0 Å². The van der Waals surface area contributed by atoms with Gasteiger partial charge in [0, 0.05) is 10.6 Å². The molecule has 0 saturated heterocycles. The van der Waals surface area contributed by atoms with E-state index in [1.165, 1.54) is 13.4 Å². The first-order valence-electron chi connectivity index (χ1n) is 7.04. The van der Waals surface area contributed by atoms with Gasteiger partial charge in [-0.3, -0.25) is 4.79 Å². The molecule has 3 rings (SSSR count). The van der Waals surface area contributed by atoms with E-state index in [2.05, 4.69) is 10.3 Å². The maximum atomic E-state index is 12.4. The highest BCUT2D eigenvalue weighted by Crippen LogP contribution is 2.30. The molecule has 128 valence electrons. The Hall–Kier alpha value is -2.21. The summed E-state index contributed by atoms with van der Waals surface area (Å²) in [5, 5.41) is 3.94. The van der Waals surface area contributed by atoms with Crippen LogP contribution in [0.5, 0.6) is 5.75 Å². The Bertz CT molecular complexity index is 941. The molecule has 0 fully saturated rings. The van der Waals surface area contributed by atoms with E-state index in [9.17, 15) is 4.79 Å². The number of carbonyl (C=O) groups excluding carboxylic acids is 1. The summed E-state index contributed by atoms with van der Waals surface area (Å²) >= 11 is 17.8. The second-order valence-corrected chi connectivity index (χ2v) is 6.22. The van der Waals surface area contributed by atoms with Gasteiger partial charge in [-0.15, -0.1) is 0 Å². The van der Waals surface area contributed by atoms with Crippen LogP contribution in [0.2, 0.25) is 15.1 Å². The first-order valence-corrected chi connectivity index (χ1v) is 8.17. The number of rotatable bonds is 4. The summed E-state index contributed by atoms with van der Waals surface area (Å²) in [6.07, 6.45) is 1.25. The number of nitrogens with one attached hydrogen (secondary N) is 1. The molecular weight excluding hydrogens is 387 g/mol. The molecule has 0 bridgehead atoms. The fourth-order valence-electron chi connectivity index (χ4n) is 2.10. The molecule has 1 N–H and O–H groups in total. The van der Waals surface area contributed by atoms with Gasteiger partial charge in [0.1, 0.15) is 12.0 Å². The van der Waals surface area contributed by atoms with Crippen LogP contribution in [0.4, 0.5) is 5.69 Å².